The van der Waals surface area contributed by atoms with E-state index in [9.17, 15) is 4.79 Å². The maximum atomic E-state index is 12.4. The van der Waals surface area contributed by atoms with Gasteiger partial charge in [-0.15, -0.1) is 5.10 Å². The molecule has 5 heteroatoms. The smallest absolute Gasteiger partial charge is 0.253 e. The summed E-state index contributed by atoms with van der Waals surface area (Å²) in [6, 6.07) is 13.6. The van der Waals surface area contributed by atoms with Gasteiger partial charge in [0, 0.05) is 37.7 Å². The molecular weight excluding hydrogens is 288 g/mol. The van der Waals surface area contributed by atoms with Crippen LogP contribution in [0.3, 0.4) is 0 Å². The molecule has 2 aromatic rings. The van der Waals surface area contributed by atoms with Crippen LogP contribution in [0.15, 0.2) is 42.5 Å². The standard InChI is InChI=1S/C18H20N4O/c23-18(15-4-2-1-3-5-15)22-12-10-21(11-13-22)17-9-8-16(19-20-17)14-6-7-14/h1-5,8-9,14H,6-7,10-13H2. The molecule has 1 aliphatic heterocycles. The van der Waals surface area contributed by atoms with Gasteiger partial charge in [-0.2, -0.15) is 5.10 Å². The number of nitrogens with zero attached hydrogens (tertiary/aromatic N) is 4. The van der Waals surface area contributed by atoms with Gasteiger partial charge in [0.25, 0.3) is 5.91 Å². The summed E-state index contributed by atoms with van der Waals surface area (Å²) in [7, 11) is 0. The Morgan fingerprint density at radius 3 is 2.26 bits per heavy atom. The van der Waals surface area contributed by atoms with Gasteiger partial charge in [-0.3, -0.25) is 4.79 Å². The first-order chi connectivity index (χ1) is 11.3. The predicted molar refractivity (Wildman–Crippen MR) is 88.6 cm³/mol. The fraction of sp³-hybridized carbons (Fsp3) is 0.389. The second-order valence-corrected chi connectivity index (χ2v) is 6.24. The Morgan fingerprint density at radius 1 is 0.913 bits per heavy atom. The fourth-order valence-corrected chi connectivity index (χ4v) is 3.00. The Morgan fingerprint density at radius 2 is 1.65 bits per heavy atom. The van der Waals surface area contributed by atoms with Crippen LogP contribution in [-0.4, -0.2) is 47.2 Å². The number of benzene rings is 1. The number of rotatable bonds is 3. The quantitative estimate of drug-likeness (QED) is 0.873. The maximum Gasteiger partial charge on any atom is 0.253 e. The molecule has 1 aliphatic carbocycles. The van der Waals surface area contributed by atoms with Crippen molar-refractivity contribution in [2.24, 2.45) is 0 Å². The number of anilines is 1. The van der Waals surface area contributed by atoms with Crippen LogP contribution in [0, 0.1) is 0 Å². The van der Waals surface area contributed by atoms with Crippen LogP contribution in [0.2, 0.25) is 0 Å². The van der Waals surface area contributed by atoms with E-state index in [-0.39, 0.29) is 5.91 Å². The number of carbonyl (C=O) groups excluding carboxylic acids is 1. The van der Waals surface area contributed by atoms with Crippen molar-refractivity contribution < 1.29 is 4.79 Å². The Balaban J connectivity index is 1.37. The van der Waals surface area contributed by atoms with Gasteiger partial charge in [0.1, 0.15) is 0 Å². The van der Waals surface area contributed by atoms with Crippen molar-refractivity contribution in [3.05, 3.63) is 53.7 Å². The Bertz CT molecular complexity index is 674. The van der Waals surface area contributed by atoms with Gasteiger partial charge in [-0.25, -0.2) is 0 Å². The minimum atomic E-state index is 0.111. The number of hydrogen-bond donors (Lipinski definition) is 0. The van der Waals surface area contributed by atoms with Crippen LogP contribution in [0.4, 0.5) is 5.82 Å². The molecule has 4 rings (SSSR count). The molecule has 0 bridgehead atoms. The van der Waals surface area contributed by atoms with E-state index in [1.54, 1.807) is 0 Å². The first-order valence-corrected chi connectivity index (χ1v) is 8.24. The van der Waals surface area contributed by atoms with Crippen molar-refractivity contribution >= 4 is 11.7 Å². The van der Waals surface area contributed by atoms with E-state index in [2.05, 4.69) is 27.2 Å². The molecule has 1 aromatic heterocycles. The molecule has 5 nitrogen and oxygen atoms in total. The molecule has 0 unspecified atom stereocenters. The second-order valence-electron chi connectivity index (χ2n) is 6.24. The summed E-state index contributed by atoms with van der Waals surface area (Å²) in [5, 5.41) is 8.71. The van der Waals surface area contributed by atoms with E-state index in [0.29, 0.717) is 5.92 Å². The van der Waals surface area contributed by atoms with Crippen molar-refractivity contribution in [1.29, 1.82) is 0 Å². The lowest BCUT2D eigenvalue weighted by Crippen LogP contribution is -2.49. The minimum Gasteiger partial charge on any atom is -0.352 e. The first-order valence-electron chi connectivity index (χ1n) is 8.24. The van der Waals surface area contributed by atoms with Gasteiger partial charge < -0.3 is 9.80 Å². The van der Waals surface area contributed by atoms with E-state index in [1.165, 1.54) is 12.8 Å². The second kappa shape index (κ2) is 5.99. The molecule has 118 valence electrons. The predicted octanol–water partition coefficient (Wildman–Crippen LogP) is 2.32. The molecule has 2 aliphatic rings. The Hall–Kier alpha value is -2.43. The zero-order valence-corrected chi connectivity index (χ0v) is 13.1. The van der Waals surface area contributed by atoms with E-state index < -0.39 is 0 Å². The van der Waals surface area contributed by atoms with Crippen molar-refractivity contribution in [3.8, 4) is 0 Å². The molecule has 1 aromatic carbocycles. The van der Waals surface area contributed by atoms with Crippen molar-refractivity contribution in [1.82, 2.24) is 15.1 Å². The van der Waals surface area contributed by atoms with Gasteiger partial charge in [0.05, 0.1) is 5.69 Å². The zero-order valence-electron chi connectivity index (χ0n) is 13.1. The average Bonchev–Trinajstić information content (AvgIpc) is 3.47. The molecule has 0 radical (unpaired) electrons. The van der Waals surface area contributed by atoms with Crippen molar-refractivity contribution in [2.45, 2.75) is 18.8 Å². The summed E-state index contributed by atoms with van der Waals surface area (Å²) in [5.41, 5.74) is 1.88. The normalized spacial score (nSPS) is 18.1. The minimum absolute atomic E-state index is 0.111. The van der Waals surface area contributed by atoms with Crippen LogP contribution < -0.4 is 4.90 Å². The van der Waals surface area contributed by atoms with E-state index >= 15 is 0 Å². The molecule has 2 heterocycles. The van der Waals surface area contributed by atoms with Crippen molar-refractivity contribution in [3.63, 3.8) is 0 Å². The van der Waals surface area contributed by atoms with Gasteiger partial charge in [0.15, 0.2) is 5.82 Å². The Labute approximate surface area is 135 Å². The highest BCUT2D eigenvalue weighted by Gasteiger charge is 2.26. The number of piperazine rings is 1. The molecule has 2 fully saturated rings. The molecule has 1 saturated carbocycles. The average molecular weight is 308 g/mol. The van der Waals surface area contributed by atoms with Crippen LogP contribution in [0.1, 0.15) is 34.8 Å². The lowest BCUT2D eigenvalue weighted by Gasteiger charge is -2.35. The summed E-state index contributed by atoms with van der Waals surface area (Å²) in [6.07, 6.45) is 2.49. The third-order valence-electron chi connectivity index (χ3n) is 4.58. The van der Waals surface area contributed by atoms with Gasteiger partial charge in [-0.1, -0.05) is 18.2 Å². The number of carbonyl (C=O) groups is 1. The van der Waals surface area contributed by atoms with Gasteiger partial charge >= 0.3 is 0 Å². The van der Waals surface area contributed by atoms with Gasteiger partial charge in [0.2, 0.25) is 0 Å². The summed E-state index contributed by atoms with van der Waals surface area (Å²) in [5.74, 6) is 1.67. The highest BCUT2D eigenvalue weighted by atomic mass is 16.2. The lowest BCUT2D eigenvalue weighted by molar-refractivity contribution is 0.0746. The van der Waals surface area contributed by atoms with E-state index in [4.69, 9.17) is 0 Å². The third-order valence-corrected chi connectivity index (χ3v) is 4.58. The summed E-state index contributed by atoms with van der Waals surface area (Å²) in [4.78, 5) is 16.6. The molecule has 0 atom stereocenters. The zero-order chi connectivity index (χ0) is 15.6. The molecule has 0 N–H and O–H groups in total. The molecule has 0 spiro atoms. The van der Waals surface area contributed by atoms with Crippen LogP contribution >= 0.6 is 0 Å². The number of amides is 1. The fourth-order valence-electron chi connectivity index (χ4n) is 3.00. The van der Waals surface area contributed by atoms with Crippen LogP contribution in [0.25, 0.3) is 0 Å². The van der Waals surface area contributed by atoms with E-state index in [0.717, 1.165) is 43.3 Å². The Kier molecular flexibility index (Phi) is 3.69. The number of hydrogen-bond acceptors (Lipinski definition) is 4. The SMILES string of the molecule is O=C(c1ccccc1)N1CCN(c2ccc(C3CC3)nn2)CC1. The maximum absolute atomic E-state index is 12.4. The van der Waals surface area contributed by atoms with Gasteiger partial charge in [-0.05, 0) is 37.1 Å². The lowest BCUT2D eigenvalue weighted by atomic mass is 10.2. The van der Waals surface area contributed by atoms with Crippen molar-refractivity contribution in [2.75, 3.05) is 31.1 Å². The summed E-state index contributed by atoms with van der Waals surface area (Å²) in [6.45, 7) is 3.05. The highest BCUT2D eigenvalue weighted by Crippen LogP contribution is 2.38. The third kappa shape index (κ3) is 3.04. The van der Waals surface area contributed by atoms with Crippen LogP contribution in [0.5, 0.6) is 0 Å². The largest absolute Gasteiger partial charge is 0.352 e. The summed E-state index contributed by atoms with van der Waals surface area (Å²) >= 11 is 0. The molecule has 1 saturated heterocycles. The van der Waals surface area contributed by atoms with Crippen LogP contribution in [-0.2, 0) is 0 Å². The summed E-state index contributed by atoms with van der Waals surface area (Å²) < 4.78 is 0. The molecule has 23 heavy (non-hydrogen) atoms. The first kappa shape index (κ1) is 14.2. The van der Waals surface area contributed by atoms with E-state index in [1.807, 2.05) is 35.2 Å². The topological polar surface area (TPSA) is 49.3 Å². The number of aromatic nitrogens is 2. The molecule has 1 amide bonds. The highest BCUT2D eigenvalue weighted by molar-refractivity contribution is 5.94. The molecular formula is C18H20N4O. The monoisotopic (exact) mass is 308 g/mol.